The van der Waals surface area contributed by atoms with E-state index in [-0.39, 0.29) is 17.9 Å². The highest BCUT2D eigenvalue weighted by molar-refractivity contribution is 5.92. The number of carbonyl (C=O) groups is 2. The van der Waals surface area contributed by atoms with Crippen molar-refractivity contribution < 1.29 is 9.59 Å². The normalized spacial score (nSPS) is 16.1. The van der Waals surface area contributed by atoms with E-state index in [0.29, 0.717) is 18.8 Å². The Bertz CT molecular complexity index is 546. The number of piperidine rings is 1. The number of benzene rings is 1. The molecule has 2 amide bonds. The number of anilines is 1. The Hall–Kier alpha value is -2.30. The number of nitrogens with two attached hydrogens (primary N) is 1. The zero-order valence-corrected chi connectivity index (χ0v) is 12.2. The summed E-state index contributed by atoms with van der Waals surface area (Å²) >= 11 is 0. The molecule has 1 aliphatic rings. The van der Waals surface area contributed by atoms with Gasteiger partial charge >= 0.3 is 0 Å². The standard InChI is InChI=1S/C16H21N3O2/c1-12(20)18-15-7-9-19(10-8-15)16(21)6-5-13-3-2-4-14(17)11-13/h2-6,11,15H,7-10,17H2,1H3,(H,18,20)/b6-5+. The Morgan fingerprint density at radius 3 is 2.67 bits per heavy atom. The zero-order valence-electron chi connectivity index (χ0n) is 12.2. The second-order valence-electron chi connectivity index (χ2n) is 5.30. The molecule has 0 saturated carbocycles. The average Bonchev–Trinajstić information content (AvgIpc) is 2.45. The molecule has 1 aromatic carbocycles. The number of carbonyl (C=O) groups excluding carboxylic acids is 2. The van der Waals surface area contributed by atoms with E-state index >= 15 is 0 Å². The molecule has 0 atom stereocenters. The van der Waals surface area contributed by atoms with E-state index in [1.54, 1.807) is 17.1 Å². The number of rotatable bonds is 3. The van der Waals surface area contributed by atoms with Crippen LogP contribution in [0.3, 0.4) is 0 Å². The van der Waals surface area contributed by atoms with E-state index in [2.05, 4.69) is 5.32 Å². The number of likely N-dealkylation sites (tertiary alicyclic amines) is 1. The van der Waals surface area contributed by atoms with Crippen molar-refractivity contribution in [2.45, 2.75) is 25.8 Å². The second-order valence-corrected chi connectivity index (χ2v) is 5.30. The first-order chi connectivity index (χ1) is 10.0. The first-order valence-electron chi connectivity index (χ1n) is 7.14. The molecule has 0 aliphatic carbocycles. The van der Waals surface area contributed by atoms with E-state index < -0.39 is 0 Å². The lowest BCUT2D eigenvalue weighted by atomic mass is 10.0. The summed E-state index contributed by atoms with van der Waals surface area (Å²) in [5.74, 6) is -0.0139. The quantitative estimate of drug-likeness (QED) is 0.652. The molecule has 1 fully saturated rings. The first kappa shape index (κ1) is 15.1. The van der Waals surface area contributed by atoms with Crippen LogP contribution in [0.5, 0.6) is 0 Å². The van der Waals surface area contributed by atoms with Crippen LogP contribution in [0.2, 0.25) is 0 Å². The molecule has 21 heavy (non-hydrogen) atoms. The maximum atomic E-state index is 12.1. The summed E-state index contributed by atoms with van der Waals surface area (Å²) in [6.45, 7) is 2.86. The molecule has 0 bridgehead atoms. The number of hydrogen-bond acceptors (Lipinski definition) is 3. The molecule has 0 aromatic heterocycles. The summed E-state index contributed by atoms with van der Waals surface area (Å²) in [7, 11) is 0. The summed E-state index contributed by atoms with van der Waals surface area (Å²) < 4.78 is 0. The fraction of sp³-hybridized carbons (Fsp3) is 0.375. The van der Waals surface area contributed by atoms with Gasteiger partial charge in [-0.1, -0.05) is 12.1 Å². The molecule has 1 aliphatic heterocycles. The number of nitrogens with zero attached hydrogens (tertiary/aromatic N) is 1. The van der Waals surface area contributed by atoms with Gasteiger partial charge in [0.1, 0.15) is 0 Å². The van der Waals surface area contributed by atoms with Gasteiger partial charge in [0.15, 0.2) is 0 Å². The molecular weight excluding hydrogens is 266 g/mol. The molecule has 1 heterocycles. The fourth-order valence-electron chi connectivity index (χ4n) is 2.47. The van der Waals surface area contributed by atoms with Crippen LogP contribution in [-0.2, 0) is 9.59 Å². The minimum Gasteiger partial charge on any atom is -0.399 e. The van der Waals surface area contributed by atoms with E-state index in [9.17, 15) is 9.59 Å². The maximum absolute atomic E-state index is 12.1. The van der Waals surface area contributed by atoms with Gasteiger partial charge in [-0.05, 0) is 36.6 Å². The van der Waals surface area contributed by atoms with E-state index in [1.807, 2.05) is 24.3 Å². The van der Waals surface area contributed by atoms with Gasteiger partial charge in [0, 0.05) is 37.8 Å². The third kappa shape index (κ3) is 4.63. The van der Waals surface area contributed by atoms with Crippen molar-refractivity contribution in [3.63, 3.8) is 0 Å². The topological polar surface area (TPSA) is 75.4 Å². The number of nitrogen functional groups attached to an aromatic ring is 1. The maximum Gasteiger partial charge on any atom is 0.246 e. The zero-order chi connectivity index (χ0) is 15.2. The van der Waals surface area contributed by atoms with Crippen molar-refractivity contribution in [3.8, 4) is 0 Å². The minimum atomic E-state index is -0.0126. The van der Waals surface area contributed by atoms with Crippen molar-refractivity contribution in [1.82, 2.24) is 10.2 Å². The van der Waals surface area contributed by atoms with Crippen LogP contribution in [0.4, 0.5) is 5.69 Å². The summed E-state index contributed by atoms with van der Waals surface area (Å²) in [5.41, 5.74) is 7.29. The van der Waals surface area contributed by atoms with Crippen molar-refractivity contribution >= 4 is 23.6 Å². The van der Waals surface area contributed by atoms with Crippen LogP contribution in [0, 0.1) is 0 Å². The monoisotopic (exact) mass is 287 g/mol. The molecular formula is C16H21N3O2. The third-order valence-electron chi connectivity index (χ3n) is 3.54. The summed E-state index contributed by atoms with van der Waals surface area (Å²) in [6, 6.07) is 7.59. The van der Waals surface area contributed by atoms with Crippen molar-refractivity contribution in [1.29, 1.82) is 0 Å². The predicted octanol–water partition coefficient (Wildman–Crippen LogP) is 1.41. The lowest BCUT2D eigenvalue weighted by molar-refractivity contribution is -0.127. The van der Waals surface area contributed by atoms with Gasteiger partial charge in [-0.2, -0.15) is 0 Å². The van der Waals surface area contributed by atoms with Crippen LogP contribution in [0.1, 0.15) is 25.3 Å². The van der Waals surface area contributed by atoms with E-state index in [4.69, 9.17) is 5.73 Å². The average molecular weight is 287 g/mol. The lowest BCUT2D eigenvalue weighted by Gasteiger charge is -2.31. The Morgan fingerprint density at radius 2 is 2.05 bits per heavy atom. The van der Waals surface area contributed by atoms with Crippen LogP contribution < -0.4 is 11.1 Å². The highest BCUT2D eigenvalue weighted by atomic mass is 16.2. The van der Waals surface area contributed by atoms with Crippen LogP contribution in [-0.4, -0.2) is 35.8 Å². The van der Waals surface area contributed by atoms with Gasteiger partial charge in [-0.15, -0.1) is 0 Å². The van der Waals surface area contributed by atoms with Crippen molar-refractivity contribution in [2.24, 2.45) is 0 Å². The summed E-state index contributed by atoms with van der Waals surface area (Å²) in [4.78, 5) is 24.9. The largest absolute Gasteiger partial charge is 0.399 e. The van der Waals surface area contributed by atoms with Gasteiger partial charge in [0.05, 0.1) is 0 Å². The number of amides is 2. The predicted molar refractivity (Wildman–Crippen MR) is 83.3 cm³/mol. The number of hydrogen-bond donors (Lipinski definition) is 2. The molecule has 2 rings (SSSR count). The first-order valence-corrected chi connectivity index (χ1v) is 7.14. The Labute approximate surface area is 124 Å². The molecule has 3 N–H and O–H groups in total. The molecule has 1 saturated heterocycles. The van der Waals surface area contributed by atoms with Gasteiger partial charge in [0.2, 0.25) is 11.8 Å². The van der Waals surface area contributed by atoms with Gasteiger partial charge in [-0.3, -0.25) is 9.59 Å². The van der Waals surface area contributed by atoms with Crippen LogP contribution in [0.15, 0.2) is 30.3 Å². The molecule has 0 radical (unpaired) electrons. The highest BCUT2D eigenvalue weighted by Gasteiger charge is 2.21. The van der Waals surface area contributed by atoms with E-state index in [0.717, 1.165) is 18.4 Å². The molecule has 1 aromatic rings. The highest BCUT2D eigenvalue weighted by Crippen LogP contribution is 2.12. The third-order valence-corrected chi connectivity index (χ3v) is 3.54. The lowest BCUT2D eigenvalue weighted by Crippen LogP contribution is -2.45. The van der Waals surface area contributed by atoms with E-state index in [1.165, 1.54) is 6.92 Å². The second kappa shape index (κ2) is 6.92. The molecule has 5 heteroatoms. The minimum absolute atomic E-state index is 0.00120. The van der Waals surface area contributed by atoms with Gasteiger partial charge in [-0.25, -0.2) is 0 Å². The van der Waals surface area contributed by atoms with Gasteiger partial charge in [0.25, 0.3) is 0 Å². The number of nitrogens with one attached hydrogen (secondary N) is 1. The molecule has 0 unspecified atom stereocenters. The van der Waals surface area contributed by atoms with Crippen LogP contribution >= 0.6 is 0 Å². The Morgan fingerprint density at radius 1 is 1.33 bits per heavy atom. The summed E-state index contributed by atoms with van der Waals surface area (Å²) in [6.07, 6.45) is 4.96. The van der Waals surface area contributed by atoms with Gasteiger partial charge < -0.3 is 16.0 Å². The Kier molecular flexibility index (Phi) is 4.98. The smallest absolute Gasteiger partial charge is 0.246 e. The Balaban J connectivity index is 1.86. The molecule has 112 valence electrons. The molecule has 5 nitrogen and oxygen atoms in total. The van der Waals surface area contributed by atoms with Crippen LogP contribution in [0.25, 0.3) is 6.08 Å². The molecule has 0 spiro atoms. The van der Waals surface area contributed by atoms with Crippen molar-refractivity contribution in [3.05, 3.63) is 35.9 Å². The SMILES string of the molecule is CC(=O)NC1CCN(C(=O)/C=C/c2cccc(N)c2)CC1. The van der Waals surface area contributed by atoms with Crippen molar-refractivity contribution in [2.75, 3.05) is 18.8 Å². The fourth-order valence-corrected chi connectivity index (χ4v) is 2.47. The summed E-state index contributed by atoms with van der Waals surface area (Å²) in [5, 5.41) is 2.90.